The fourth-order valence-corrected chi connectivity index (χ4v) is 4.98. The van der Waals surface area contributed by atoms with E-state index in [0.29, 0.717) is 57.5 Å². The molecule has 0 aromatic carbocycles. The van der Waals surface area contributed by atoms with Gasteiger partial charge in [-0.15, -0.1) is 6.42 Å². The van der Waals surface area contributed by atoms with E-state index < -0.39 is 17.6 Å². The molecule has 0 saturated carbocycles. The summed E-state index contributed by atoms with van der Waals surface area (Å²) in [6, 6.07) is -0.729. The monoisotopic (exact) mass is 547 g/mol. The second kappa shape index (κ2) is 15.7. The number of rotatable bonds is 11. The maximum Gasteiger partial charge on any atom is 0.410 e. The van der Waals surface area contributed by atoms with Gasteiger partial charge >= 0.3 is 12.1 Å². The summed E-state index contributed by atoms with van der Waals surface area (Å²) >= 11 is 0. The van der Waals surface area contributed by atoms with E-state index in [0.717, 1.165) is 38.5 Å². The Morgan fingerprint density at radius 1 is 1.05 bits per heavy atom. The van der Waals surface area contributed by atoms with Crippen LogP contribution in [0.1, 0.15) is 92.4 Å². The molecule has 2 atom stereocenters. The summed E-state index contributed by atoms with van der Waals surface area (Å²) in [6.45, 7) is 12.4. The normalized spacial score (nSPS) is 19.3. The molecule has 0 aromatic rings. The fraction of sp³-hybridized carbons (Fsp3) is 0.800. The van der Waals surface area contributed by atoms with Gasteiger partial charge in [0.2, 0.25) is 11.8 Å². The van der Waals surface area contributed by atoms with Crippen LogP contribution in [0, 0.1) is 30.1 Å². The highest BCUT2D eigenvalue weighted by Crippen LogP contribution is 2.25. The predicted octanol–water partition coefficient (Wildman–Crippen LogP) is 4.14. The molecule has 2 aliphatic rings. The minimum Gasteiger partial charge on any atom is -0.466 e. The topological polar surface area (TPSA) is 105 Å². The number of likely N-dealkylation sites (tertiary alicyclic amines) is 2. The highest BCUT2D eigenvalue weighted by molar-refractivity contribution is 5.82. The Bertz CT molecular complexity index is 867. The van der Waals surface area contributed by atoms with Gasteiger partial charge in [0.15, 0.2) is 0 Å². The van der Waals surface area contributed by atoms with Crippen molar-refractivity contribution in [3.8, 4) is 12.3 Å². The predicted molar refractivity (Wildman–Crippen MR) is 149 cm³/mol. The highest BCUT2D eigenvalue weighted by Gasteiger charge is 2.31. The Balaban J connectivity index is 1.72. The Labute approximate surface area is 234 Å². The number of esters is 1. The Hall–Kier alpha value is -2.76. The lowest BCUT2D eigenvalue weighted by atomic mass is 9.91. The highest BCUT2D eigenvalue weighted by atomic mass is 16.6. The minimum atomic E-state index is -0.729. The second-order valence-corrected chi connectivity index (χ2v) is 12.3. The van der Waals surface area contributed by atoms with Crippen LogP contribution < -0.4 is 5.32 Å². The number of carbonyl (C=O) groups excluding carboxylic acids is 4. The van der Waals surface area contributed by atoms with Crippen molar-refractivity contribution in [3.63, 3.8) is 0 Å². The average molecular weight is 548 g/mol. The Morgan fingerprint density at radius 2 is 1.74 bits per heavy atom. The number of ether oxygens (including phenoxy) is 2. The third-order valence-electron chi connectivity index (χ3n) is 7.25. The molecule has 0 spiro atoms. The third-order valence-corrected chi connectivity index (χ3v) is 7.25. The summed E-state index contributed by atoms with van der Waals surface area (Å²) in [6.07, 6.45) is 11.3. The lowest BCUT2D eigenvalue weighted by molar-refractivity contribution is -0.144. The van der Waals surface area contributed by atoms with Crippen LogP contribution in [0.15, 0.2) is 0 Å². The average Bonchev–Trinajstić information content (AvgIpc) is 2.88. The number of nitrogens with zero attached hydrogens (tertiary/aromatic N) is 2. The van der Waals surface area contributed by atoms with Crippen LogP contribution in [0.5, 0.6) is 0 Å². The van der Waals surface area contributed by atoms with E-state index in [2.05, 4.69) is 25.1 Å². The molecule has 0 radical (unpaired) electrons. The Morgan fingerprint density at radius 3 is 2.36 bits per heavy atom. The zero-order valence-corrected chi connectivity index (χ0v) is 24.6. The molecule has 0 aliphatic carbocycles. The molecule has 2 fully saturated rings. The van der Waals surface area contributed by atoms with Gasteiger partial charge in [-0.05, 0) is 77.6 Å². The molecule has 0 aromatic heterocycles. The number of hydrogen-bond acceptors (Lipinski definition) is 6. The molecule has 2 saturated heterocycles. The number of nitrogens with one attached hydrogen (secondary N) is 1. The molecule has 0 bridgehead atoms. The molecule has 2 heterocycles. The van der Waals surface area contributed by atoms with Crippen molar-refractivity contribution in [2.45, 2.75) is 104 Å². The van der Waals surface area contributed by atoms with Crippen LogP contribution in [0.25, 0.3) is 0 Å². The Kier molecular flexibility index (Phi) is 13.1. The third kappa shape index (κ3) is 12.3. The standard InChI is InChI=1S/C30H49N3O6/c1-7-25(20-27(35)38-19-9-10-22(2)3)31-28(36)24-11-8-16-33(21-24)26(34)13-12-23-14-17-32(18-15-23)29(37)39-30(4,5)6/h1,22-25H,8-21H2,2-6H3,(H,31,36)/t24-,25?/m1/s1. The number of amides is 3. The van der Waals surface area contributed by atoms with Crippen LogP contribution in [0.4, 0.5) is 4.79 Å². The molecule has 2 rings (SSSR count). The van der Waals surface area contributed by atoms with Crippen molar-refractivity contribution >= 4 is 23.9 Å². The first-order chi connectivity index (χ1) is 18.4. The van der Waals surface area contributed by atoms with Gasteiger partial charge in [-0.2, -0.15) is 0 Å². The van der Waals surface area contributed by atoms with E-state index in [1.165, 1.54) is 0 Å². The van der Waals surface area contributed by atoms with Gasteiger partial charge < -0.3 is 24.6 Å². The molecule has 39 heavy (non-hydrogen) atoms. The lowest BCUT2D eigenvalue weighted by Gasteiger charge is -2.34. The second-order valence-electron chi connectivity index (χ2n) is 12.3. The quantitative estimate of drug-likeness (QED) is 0.237. The van der Waals surface area contributed by atoms with Crippen LogP contribution in [-0.4, -0.2) is 78.1 Å². The van der Waals surface area contributed by atoms with Gasteiger partial charge in [-0.1, -0.05) is 19.8 Å². The summed E-state index contributed by atoms with van der Waals surface area (Å²) < 4.78 is 10.7. The molecule has 220 valence electrons. The van der Waals surface area contributed by atoms with Gasteiger partial charge in [0.25, 0.3) is 0 Å². The summed E-state index contributed by atoms with van der Waals surface area (Å²) in [5, 5.41) is 2.79. The van der Waals surface area contributed by atoms with Gasteiger partial charge in [-0.25, -0.2) is 4.79 Å². The zero-order valence-electron chi connectivity index (χ0n) is 24.6. The summed E-state index contributed by atoms with van der Waals surface area (Å²) in [4.78, 5) is 53.7. The SMILES string of the molecule is C#CC(CC(=O)OCCCC(C)C)NC(=O)[C@@H]1CCCN(C(=O)CCC2CCN(C(=O)OC(C)(C)C)CC2)C1. The number of piperidine rings is 2. The van der Waals surface area contributed by atoms with E-state index >= 15 is 0 Å². The van der Waals surface area contributed by atoms with E-state index in [4.69, 9.17) is 15.9 Å². The van der Waals surface area contributed by atoms with Crippen LogP contribution >= 0.6 is 0 Å². The molecule has 9 nitrogen and oxygen atoms in total. The smallest absolute Gasteiger partial charge is 0.410 e. The summed E-state index contributed by atoms with van der Waals surface area (Å²) in [5.41, 5.74) is -0.510. The fourth-order valence-electron chi connectivity index (χ4n) is 4.98. The molecule has 3 amide bonds. The van der Waals surface area contributed by atoms with Gasteiger partial charge in [0.1, 0.15) is 11.6 Å². The first kappa shape index (κ1) is 32.5. The first-order valence-electron chi connectivity index (χ1n) is 14.6. The van der Waals surface area contributed by atoms with Gasteiger partial charge in [0, 0.05) is 32.6 Å². The van der Waals surface area contributed by atoms with E-state index in [1.807, 2.05) is 20.8 Å². The van der Waals surface area contributed by atoms with Crippen LogP contribution in [0.3, 0.4) is 0 Å². The van der Waals surface area contributed by atoms with Crippen molar-refractivity contribution in [3.05, 3.63) is 0 Å². The molecule has 1 N–H and O–H groups in total. The molecular formula is C30H49N3O6. The van der Waals surface area contributed by atoms with Crippen molar-refractivity contribution < 1.29 is 28.7 Å². The van der Waals surface area contributed by atoms with Gasteiger partial charge in [-0.3, -0.25) is 14.4 Å². The number of terminal acetylenes is 1. The molecule has 9 heteroatoms. The molecule has 2 aliphatic heterocycles. The molecule has 1 unspecified atom stereocenters. The maximum absolute atomic E-state index is 12.9. The zero-order chi connectivity index (χ0) is 29.0. The summed E-state index contributed by atoms with van der Waals surface area (Å²) in [7, 11) is 0. The maximum atomic E-state index is 12.9. The van der Waals surface area contributed by atoms with Gasteiger partial charge in [0.05, 0.1) is 18.9 Å². The number of carbonyl (C=O) groups is 4. The van der Waals surface area contributed by atoms with E-state index in [9.17, 15) is 19.2 Å². The van der Waals surface area contributed by atoms with Crippen molar-refractivity contribution in [2.75, 3.05) is 32.8 Å². The molecular weight excluding hydrogens is 498 g/mol. The van der Waals surface area contributed by atoms with E-state index in [1.54, 1.807) is 9.80 Å². The largest absolute Gasteiger partial charge is 0.466 e. The van der Waals surface area contributed by atoms with Crippen molar-refractivity contribution in [1.82, 2.24) is 15.1 Å². The number of hydrogen-bond donors (Lipinski definition) is 1. The van der Waals surface area contributed by atoms with Crippen molar-refractivity contribution in [2.24, 2.45) is 17.8 Å². The minimum absolute atomic E-state index is 0.0561. The van der Waals surface area contributed by atoms with Crippen LogP contribution in [-0.2, 0) is 23.9 Å². The van der Waals surface area contributed by atoms with Crippen LogP contribution in [0.2, 0.25) is 0 Å². The first-order valence-corrected chi connectivity index (χ1v) is 14.6. The lowest BCUT2D eigenvalue weighted by Crippen LogP contribution is -2.47. The van der Waals surface area contributed by atoms with Crippen molar-refractivity contribution in [1.29, 1.82) is 0 Å². The summed E-state index contributed by atoms with van der Waals surface area (Å²) in [5.74, 6) is 2.48. The van der Waals surface area contributed by atoms with E-state index in [-0.39, 0.29) is 30.2 Å².